The molecule has 1 N–H and O–H groups in total. The van der Waals surface area contributed by atoms with E-state index in [4.69, 9.17) is 0 Å². The van der Waals surface area contributed by atoms with Crippen molar-refractivity contribution in [3.8, 4) is 0 Å². The van der Waals surface area contributed by atoms with Crippen LogP contribution in [-0.4, -0.2) is 40.0 Å². The number of nitrogens with zero attached hydrogens (tertiary/aromatic N) is 3. The van der Waals surface area contributed by atoms with E-state index >= 15 is 0 Å². The van der Waals surface area contributed by atoms with Gasteiger partial charge in [-0.25, -0.2) is 4.98 Å². The van der Waals surface area contributed by atoms with Gasteiger partial charge in [0.2, 0.25) is 5.91 Å². The molecular weight excluding hydrogens is 228 g/mol. The van der Waals surface area contributed by atoms with Crippen LogP contribution in [0, 0.1) is 0 Å². The molecule has 1 unspecified atom stereocenters. The predicted octanol–water partition coefficient (Wildman–Crippen LogP) is 0.712. The molecule has 1 fully saturated rings. The average Bonchev–Trinajstić information content (AvgIpc) is 3.06. The number of aromatic nitrogens is 2. The number of nitrogens with one attached hydrogen (secondary N) is 1. The Kier molecular flexibility index (Phi) is 3.07. The second-order valence-electron chi connectivity index (χ2n) is 5.18. The lowest BCUT2D eigenvalue weighted by molar-refractivity contribution is -0.133. The molecule has 1 aromatic rings. The van der Waals surface area contributed by atoms with Crippen molar-refractivity contribution in [2.24, 2.45) is 0 Å². The third-order valence-electron chi connectivity index (χ3n) is 4.01. The number of carbonyl (C=O) groups is 1. The van der Waals surface area contributed by atoms with E-state index in [2.05, 4.69) is 14.9 Å². The number of likely N-dealkylation sites (tertiary alicyclic amines) is 1. The minimum atomic E-state index is -0.113. The van der Waals surface area contributed by atoms with Gasteiger partial charge in [-0.2, -0.15) is 0 Å². The van der Waals surface area contributed by atoms with Crippen LogP contribution in [0.4, 0.5) is 0 Å². The van der Waals surface area contributed by atoms with Gasteiger partial charge < -0.3 is 14.8 Å². The van der Waals surface area contributed by atoms with E-state index in [0.717, 1.165) is 51.1 Å². The summed E-state index contributed by atoms with van der Waals surface area (Å²) in [5.41, 5.74) is 2.33. The summed E-state index contributed by atoms with van der Waals surface area (Å²) in [5, 5.41) is 3.31. The van der Waals surface area contributed by atoms with Crippen molar-refractivity contribution in [2.75, 3.05) is 19.6 Å². The van der Waals surface area contributed by atoms with Crippen molar-refractivity contribution in [3.63, 3.8) is 0 Å². The quantitative estimate of drug-likeness (QED) is 0.838. The molecule has 2 aliphatic rings. The molecule has 0 aliphatic carbocycles. The molecule has 1 atom stereocenters. The monoisotopic (exact) mass is 248 g/mol. The summed E-state index contributed by atoms with van der Waals surface area (Å²) in [4.78, 5) is 18.8. The molecule has 3 heterocycles. The molecule has 18 heavy (non-hydrogen) atoms. The second-order valence-corrected chi connectivity index (χ2v) is 5.18. The van der Waals surface area contributed by atoms with Crippen LogP contribution in [0.1, 0.15) is 37.2 Å². The van der Waals surface area contributed by atoms with E-state index in [1.165, 1.54) is 5.69 Å². The summed E-state index contributed by atoms with van der Waals surface area (Å²) in [6.07, 6.45) is 5.08. The van der Waals surface area contributed by atoms with E-state index in [-0.39, 0.29) is 11.9 Å². The SMILES string of the molecule is CC(C(=O)N1CCCC1)n1cnc2c1CCNC2. The highest BCUT2D eigenvalue weighted by atomic mass is 16.2. The zero-order valence-corrected chi connectivity index (χ0v) is 10.9. The van der Waals surface area contributed by atoms with E-state index in [0.29, 0.717) is 0 Å². The Morgan fingerprint density at radius 3 is 3.00 bits per heavy atom. The van der Waals surface area contributed by atoms with Crippen LogP contribution < -0.4 is 5.32 Å². The van der Waals surface area contributed by atoms with Crippen molar-refractivity contribution in [1.82, 2.24) is 19.8 Å². The zero-order chi connectivity index (χ0) is 12.5. The van der Waals surface area contributed by atoms with Gasteiger partial charge in [0.15, 0.2) is 0 Å². The maximum absolute atomic E-state index is 12.4. The fourth-order valence-corrected chi connectivity index (χ4v) is 2.91. The van der Waals surface area contributed by atoms with Gasteiger partial charge >= 0.3 is 0 Å². The highest BCUT2D eigenvalue weighted by molar-refractivity contribution is 5.80. The van der Waals surface area contributed by atoms with Crippen molar-refractivity contribution >= 4 is 5.91 Å². The Bertz CT molecular complexity index is 448. The maximum Gasteiger partial charge on any atom is 0.245 e. The highest BCUT2D eigenvalue weighted by Gasteiger charge is 2.27. The Morgan fingerprint density at radius 1 is 1.44 bits per heavy atom. The molecule has 5 heteroatoms. The summed E-state index contributed by atoms with van der Waals surface area (Å²) < 4.78 is 2.07. The molecule has 2 aliphatic heterocycles. The van der Waals surface area contributed by atoms with Crippen molar-refractivity contribution < 1.29 is 4.79 Å². The molecule has 0 spiro atoms. The van der Waals surface area contributed by atoms with Crippen LogP contribution >= 0.6 is 0 Å². The minimum Gasteiger partial charge on any atom is -0.341 e. The van der Waals surface area contributed by atoms with Crippen LogP contribution in [0.15, 0.2) is 6.33 Å². The zero-order valence-electron chi connectivity index (χ0n) is 10.9. The Hall–Kier alpha value is -1.36. The molecule has 0 saturated carbocycles. The molecule has 98 valence electrons. The van der Waals surface area contributed by atoms with Gasteiger partial charge in [-0.3, -0.25) is 4.79 Å². The minimum absolute atomic E-state index is 0.113. The molecular formula is C13H20N4O. The number of rotatable bonds is 2. The number of amides is 1. The molecule has 0 aromatic carbocycles. The van der Waals surface area contributed by atoms with Crippen molar-refractivity contribution in [2.45, 2.75) is 38.8 Å². The number of carbonyl (C=O) groups excluding carboxylic acids is 1. The molecule has 1 amide bonds. The maximum atomic E-state index is 12.4. The van der Waals surface area contributed by atoms with Crippen molar-refractivity contribution in [3.05, 3.63) is 17.7 Å². The molecule has 3 rings (SSSR count). The molecule has 5 nitrogen and oxygen atoms in total. The van der Waals surface area contributed by atoms with Gasteiger partial charge in [0.1, 0.15) is 6.04 Å². The van der Waals surface area contributed by atoms with Crippen LogP contribution in [-0.2, 0) is 17.8 Å². The van der Waals surface area contributed by atoms with E-state index in [1.54, 1.807) is 0 Å². The van der Waals surface area contributed by atoms with Gasteiger partial charge in [0, 0.05) is 38.3 Å². The smallest absolute Gasteiger partial charge is 0.245 e. The summed E-state index contributed by atoms with van der Waals surface area (Å²) in [6.45, 7) is 5.63. The highest BCUT2D eigenvalue weighted by Crippen LogP contribution is 2.20. The molecule has 0 radical (unpaired) electrons. The standard InChI is InChI=1S/C13H20N4O/c1-10(13(18)16-6-2-3-7-16)17-9-15-11-8-14-5-4-12(11)17/h9-10,14H,2-8H2,1H3. The van der Waals surface area contributed by atoms with Crippen LogP contribution in [0.2, 0.25) is 0 Å². The first-order valence-electron chi connectivity index (χ1n) is 6.81. The van der Waals surface area contributed by atoms with E-state index < -0.39 is 0 Å². The Morgan fingerprint density at radius 2 is 2.22 bits per heavy atom. The lowest BCUT2D eigenvalue weighted by Gasteiger charge is -2.24. The van der Waals surface area contributed by atoms with Gasteiger partial charge in [-0.1, -0.05) is 0 Å². The normalized spacial score (nSPS) is 20.8. The molecule has 1 saturated heterocycles. The number of fused-ring (bicyclic) bond motifs is 1. The second kappa shape index (κ2) is 4.72. The topological polar surface area (TPSA) is 50.2 Å². The van der Waals surface area contributed by atoms with E-state index in [1.807, 2.05) is 18.2 Å². The first-order chi connectivity index (χ1) is 8.77. The fraction of sp³-hybridized carbons (Fsp3) is 0.692. The lowest BCUT2D eigenvalue weighted by Crippen LogP contribution is -2.35. The summed E-state index contributed by atoms with van der Waals surface area (Å²) >= 11 is 0. The van der Waals surface area contributed by atoms with Gasteiger partial charge in [0.05, 0.1) is 12.0 Å². The fourth-order valence-electron chi connectivity index (χ4n) is 2.91. The number of imidazole rings is 1. The van der Waals surface area contributed by atoms with Gasteiger partial charge in [0.25, 0.3) is 0 Å². The number of hydrogen-bond donors (Lipinski definition) is 1. The van der Waals surface area contributed by atoms with Crippen LogP contribution in [0.5, 0.6) is 0 Å². The third-order valence-corrected chi connectivity index (χ3v) is 4.01. The molecule has 1 aromatic heterocycles. The van der Waals surface area contributed by atoms with Crippen LogP contribution in [0.25, 0.3) is 0 Å². The van der Waals surface area contributed by atoms with Gasteiger partial charge in [-0.05, 0) is 19.8 Å². The van der Waals surface area contributed by atoms with Crippen LogP contribution in [0.3, 0.4) is 0 Å². The average molecular weight is 248 g/mol. The summed E-state index contributed by atoms with van der Waals surface area (Å²) in [7, 11) is 0. The van der Waals surface area contributed by atoms with E-state index in [9.17, 15) is 4.79 Å². The predicted molar refractivity (Wildman–Crippen MR) is 68.2 cm³/mol. The molecule has 0 bridgehead atoms. The lowest BCUT2D eigenvalue weighted by atomic mass is 10.1. The first-order valence-corrected chi connectivity index (χ1v) is 6.81. The van der Waals surface area contributed by atoms with Crippen molar-refractivity contribution in [1.29, 1.82) is 0 Å². The largest absolute Gasteiger partial charge is 0.341 e. The third kappa shape index (κ3) is 1.92. The van der Waals surface area contributed by atoms with Gasteiger partial charge in [-0.15, -0.1) is 0 Å². The summed E-state index contributed by atoms with van der Waals surface area (Å²) in [5.74, 6) is 0.242. The Labute approximate surface area is 107 Å². The first kappa shape index (κ1) is 11.7. The number of hydrogen-bond acceptors (Lipinski definition) is 3. The summed E-state index contributed by atoms with van der Waals surface area (Å²) in [6, 6.07) is -0.113. The Balaban J connectivity index is 1.81.